The van der Waals surface area contributed by atoms with E-state index in [1.807, 2.05) is 30.3 Å². The van der Waals surface area contributed by atoms with E-state index in [4.69, 9.17) is 4.74 Å². The number of halogens is 3. The number of carbonyl (C=O) groups excluding carboxylic acids is 1. The molecule has 0 spiro atoms. The van der Waals surface area contributed by atoms with Gasteiger partial charge in [0.1, 0.15) is 6.61 Å². The third kappa shape index (κ3) is 4.14. The standard InChI is InChI=1S/C22H17F3N2O2/c23-22(24,25)19-6-3-15(4-7-19)12-27-20-8-5-16(17-2-1-9-26-11-17)10-18(20)13-29-14-21(27)28/h1-11H,12-14H2. The zero-order chi connectivity index (χ0) is 20.4. The molecule has 4 nitrogen and oxygen atoms in total. The van der Waals surface area contributed by atoms with Crippen LogP contribution in [0.25, 0.3) is 11.1 Å². The van der Waals surface area contributed by atoms with Gasteiger partial charge in [0, 0.05) is 29.2 Å². The summed E-state index contributed by atoms with van der Waals surface area (Å²) in [6.45, 7) is 0.357. The Kier molecular flexibility index (Phi) is 5.07. The summed E-state index contributed by atoms with van der Waals surface area (Å²) in [4.78, 5) is 18.2. The maximum Gasteiger partial charge on any atom is 0.416 e. The lowest BCUT2D eigenvalue weighted by Crippen LogP contribution is -2.32. The van der Waals surface area contributed by atoms with E-state index < -0.39 is 11.7 Å². The highest BCUT2D eigenvalue weighted by atomic mass is 19.4. The lowest BCUT2D eigenvalue weighted by atomic mass is 10.0. The van der Waals surface area contributed by atoms with Crippen LogP contribution >= 0.6 is 0 Å². The van der Waals surface area contributed by atoms with Crippen LogP contribution in [0.4, 0.5) is 18.9 Å². The molecule has 0 saturated heterocycles. The number of fused-ring (bicyclic) bond motifs is 1. The fourth-order valence-corrected chi connectivity index (χ4v) is 3.29. The summed E-state index contributed by atoms with van der Waals surface area (Å²) in [6, 6.07) is 14.3. The van der Waals surface area contributed by atoms with Gasteiger partial charge in [0.15, 0.2) is 0 Å². The van der Waals surface area contributed by atoms with Gasteiger partial charge in [0.25, 0.3) is 5.91 Å². The molecule has 1 aliphatic rings. The van der Waals surface area contributed by atoms with E-state index in [9.17, 15) is 18.0 Å². The van der Waals surface area contributed by atoms with Crippen LogP contribution in [0.5, 0.6) is 0 Å². The smallest absolute Gasteiger partial charge is 0.367 e. The van der Waals surface area contributed by atoms with Gasteiger partial charge in [-0.25, -0.2) is 0 Å². The van der Waals surface area contributed by atoms with Crippen LogP contribution in [0.1, 0.15) is 16.7 Å². The third-order valence-electron chi connectivity index (χ3n) is 4.77. The highest BCUT2D eigenvalue weighted by Crippen LogP contribution is 2.32. The van der Waals surface area contributed by atoms with Gasteiger partial charge in [0.2, 0.25) is 0 Å². The quantitative estimate of drug-likeness (QED) is 0.635. The zero-order valence-electron chi connectivity index (χ0n) is 15.3. The molecule has 0 aliphatic carbocycles. The summed E-state index contributed by atoms with van der Waals surface area (Å²) in [5.41, 5.74) is 3.32. The molecule has 29 heavy (non-hydrogen) atoms. The Morgan fingerprint density at radius 2 is 1.79 bits per heavy atom. The maximum absolute atomic E-state index is 12.8. The number of nitrogens with zero attached hydrogens (tertiary/aromatic N) is 2. The molecule has 0 N–H and O–H groups in total. The molecular weight excluding hydrogens is 381 g/mol. The molecule has 7 heteroatoms. The number of anilines is 1. The van der Waals surface area contributed by atoms with Crippen LogP contribution in [0.2, 0.25) is 0 Å². The third-order valence-corrected chi connectivity index (χ3v) is 4.77. The first-order valence-electron chi connectivity index (χ1n) is 8.99. The largest absolute Gasteiger partial charge is 0.416 e. The predicted octanol–water partition coefficient (Wildman–Crippen LogP) is 4.83. The first-order chi connectivity index (χ1) is 13.9. The van der Waals surface area contributed by atoms with E-state index >= 15 is 0 Å². The van der Waals surface area contributed by atoms with Gasteiger partial charge in [-0.3, -0.25) is 9.78 Å². The summed E-state index contributed by atoms with van der Waals surface area (Å²) in [7, 11) is 0. The normalized spacial score (nSPS) is 14.4. The fourth-order valence-electron chi connectivity index (χ4n) is 3.29. The first kappa shape index (κ1) is 19.1. The van der Waals surface area contributed by atoms with E-state index in [-0.39, 0.29) is 25.7 Å². The number of hydrogen-bond acceptors (Lipinski definition) is 3. The van der Waals surface area contributed by atoms with Crippen LogP contribution in [0, 0.1) is 0 Å². The average molecular weight is 398 g/mol. The van der Waals surface area contributed by atoms with Crippen LogP contribution in [0.3, 0.4) is 0 Å². The number of amides is 1. The van der Waals surface area contributed by atoms with Crippen molar-refractivity contribution in [1.82, 2.24) is 4.98 Å². The van der Waals surface area contributed by atoms with Gasteiger partial charge in [-0.2, -0.15) is 13.2 Å². The van der Waals surface area contributed by atoms with E-state index in [1.165, 1.54) is 12.1 Å². The summed E-state index contributed by atoms with van der Waals surface area (Å²) >= 11 is 0. The number of aromatic nitrogens is 1. The van der Waals surface area contributed by atoms with Gasteiger partial charge < -0.3 is 9.64 Å². The number of ether oxygens (including phenoxy) is 1. The Morgan fingerprint density at radius 1 is 1.00 bits per heavy atom. The molecule has 3 aromatic rings. The van der Waals surface area contributed by atoms with Crippen LogP contribution in [-0.2, 0) is 28.9 Å². The molecule has 0 bridgehead atoms. The van der Waals surface area contributed by atoms with Gasteiger partial charge in [-0.15, -0.1) is 0 Å². The zero-order valence-corrected chi connectivity index (χ0v) is 15.3. The highest BCUT2D eigenvalue weighted by Gasteiger charge is 2.30. The molecule has 148 valence electrons. The molecule has 0 unspecified atom stereocenters. The minimum absolute atomic E-state index is 0.0858. The van der Waals surface area contributed by atoms with E-state index in [0.29, 0.717) is 11.3 Å². The average Bonchev–Trinajstić information content (AvgIpc) is 2.87. The Morgan fingerprint density at radius 3 is 2.48 bits per heavy atom. The Bertz CT molecular complexity index is 1020. The number of pyridine rings is 1. The Balaban J connectivity index is 1.65. The van der Waals surface area contributed by atoms with E-state index in [2.05, 4.69) is 4.98 Å². The lowest BCUT2D eigenvalue weighted by molar-refractivity contribution is -0.137. The monoisotopic (exact) mass is 398 g/mol. The second kappa shape index (κ2) is 7.67. The molecule has 1 aromatic heterocycles. The maximum atomic E-state index is 12.8. The summed E-state index contributed by atoms with van der Waals surface area (Å²) in [5, 5.41) is 0. The number of hydrogen-bond donors (Lipinski definition) is 0. The van der Waals surface area contributed by atoms with Gasteiger partial charge in [0.05, 0.1) is 18.7 Å². The molecule has 0 atom stereocenters. The van der Waals surface area contributed by atoms with Gasteiger partial charge >= 0.3 is 6.18 Å². The SMILES string of the molecule is O=C1COCc2cc(-c3cccnc3)ccc2N1Cc1ccc(C(F)(F)F)cc1. The van der Waals surface area contributed by atoms with Crippen molar-refractivity contribution >= 4 is 11.6 Å². The number of benzene rings is 2. The van der Waals surface area contributed by atoms with Crippen LogP contribution < -0.4 is 4.90 Å². The molecule has 2 aromatic carbocycles. The van der Waals surface area contributed by atoms with Crippen molar-refractivity contribution in [2.45, 2.75) is 19.3 Å². The van der Waals surface area contributed by atoms with Crippen molar-refractivity contribution in [2.24, 2.45) is 0 Å². The fraction of sp³-hybridized carbons (Fsp3) is 0.182. The summed E-state index contributed by atoms with van der Waals surface area (Å²) in [5.74, 6) is -0.238. The number of carbonyl (C=O) groups is 1. The second-order valence-corrected chi connectivity index (χ2v) is 6.75. The van der Waals surface area contributed by atoms with Crippen LogP contribution in [-0.4, -0.2) is 17.5 Å². The van der Waals surface area contributed by atoms with E-state index in [1.54, 1.807) is 17.3 Å². The molecule has 0 radical (unpaired) electrons. The summed E-state index contributed by atoms with van der Waals surface area (Å²) < 4.78 is 43.9. The van der Waals surface area contributed by atoms with Crippen molar-refractivity contribution in [2.75, 3.05) is 11.5 Å². The lowest BCUT2D eigenvalue weighted by Gasteiger charge is -2.23. The first-order valence-corrected chi connectivity index (χ1v) is 8.99. The predicted molar refractivity (Wildman–Crippen MR) is 102 cm³/mol. The molecule has 4 rings (SSSR count). The highest BCUT2D eigenvalue weighted by molar-refractivity contribution is 5.95. The van der Waals surface area contributed by atoms with Crippen molar-refractivity contribution in [3.8, 4) is 11.1 Å². The topological polar surface area (TPSA) is 42.4 Å². The molecular formula is C22H17F3N2O2. The molecule has 1 aliphatic heterocycles. The molecule has 1 amide bonds. The summed E-state index contributed by atoms with van der Waals surface area (Å²) in [6.07, 6.45) is -0.939. The van der Waals surface area contributed by atoms with Crippen molar-refractivity contribution in [3.63, 3.8) is 0 Å². The van der Waals surface area contributed by atoms with Crippen molar-refractivity contribution in [1.29, 1.82) is 0 Å². The van der Waals surface area contributed by atoms with E-state index in [0.717, 1.165) is 28.8 Å². The second-order valence-electron chi connectivity index (χ2n) is 6.75. The van der Waals surface area contributed by atoms with Gasteiger partial charge in [-0.1, -0.05) is 24.3 Å². The minimum Gasteiger partial charge on any atom is -0.367 e. The number of rotatable bonds is 3. The molecule has 0 saturated carbocycles. The molecule has 2 heterocycles. The molecule has 0 fully saturated rings. The number of alkyl halides is 3. The Labute approximate surface area is 165 Å². The van der Waals surface area contributed by atoms with Crippen molar-refractivity contribution < 1.29 is 22.7 Å². The van der Waals surface area contributed by atoms with Gasteiger partial charge in [-0.05, 0) is 41.5 Å². The van der Waals surface area contributed by atoms with Crippen molar-refractivity contribution in [3.05, 3.63) is 83.7 Å². The minimum atomic E-state index is -4.39. The van der Waals surface area contributed by atoms with Crippen LogP contribution in [0.15, 0.2) is 67.0 Å². The Hall–Kier alpha value is -3.19.